The fourth-order valence-electron chi connectivity index (χ4n) is 2.19. The lowest BCUT2D eigenvalue weighted by atomic mass is 9.99. The van der Waals surface area contributed by atoms with Gasteiger partial charge in [0, 0.05) is 33.9 Å². The van der Waals surface area contributed by atoms with E-state index in [0.29, 0.717) is 34.0 Å². The Morgan fingerprint density at radius 3 is 2.33 bits per heavy atom. The predicted octanol–water partition coefficient (Wildman–Crippen LogP) is 4.69. The zero-order valence-electron chi connectivity index (χ0n) is 12.3. The van der Waals surface area contributed by atoms with Crippen LogP contribution in [0.15, 0.2) is 24.4 Å². The quantitative estimate of drug-likeness (QED) is 0.829. The largest absolute Gasteiger partial charge is 0.481 e. The molecule has 0 atom stereocenters. The van der Waals surface area contributed by atoms with Gasteiger partial charge in [-0.25, -0.2) is 4.98 Å². The molecule has 0 bridgehead atoms. The Morgan fingerprint density at radius 1 is 1.19 bits per heavy atom. The molecule has 0 radical (unpaired) electrons. The van der Waals surface area contributed by atoms with E-state index in [1.54, 1.807) is 25.4 Å². The van der Waals surface area contributed by atoms with Crippen molar-refractivity contribution < 1.29 is 4.74 Å². The van der Waals surface area contributed by atoms with E-state index in [1.165, 1.54) is 0 Å². The smallest absolute Gasteiger partial charge is 0.216 e. The number of benzene rings is 1. The first-order chi connectivity index (χ1) is 9.92. The van der Waals surface area contributed by atoms with Crippen LogP contribution >= 0.6 is 23.2 Å². The van der Waals surface area contributed by atoms with Crippen molar-refractivity contribution in [3.05, 3.63) is 51.1 Å². The van der Waals surface area contributed by atoms with E-state index < -0.39 is 0 Å². The summed E-state index contributed by atoms with van der Waals surface area (Å²) < 4.78 is 5.30. The number of pyridine rings is 1. The fraction of sp³-hybridized carbons (Fsp3) is 0.312. The molecular formula is C16H18Cl2N2O. The van der Waals surface area contributed by atoms with Crippen LogP contribution in [-0.2, 0) is 6.42 Å². The number of anilines is 1. The van der Waals surface area contributed by atoms with E-state index in [9.17, 15) is 0 Å². The fourth-order valence-corrected chi connectivity index (χ4v) is 2.83. The third-order valence-electron chi connectivity index (χ3n) is 3.30. The molecule has 0 spiro atoms. The van der Waals surface area contributed by atoms with Crippen molar-refractivity contribution in [1.29, 1.82) is 0 Å². The highest BCUT2D eigenvalue weighted by Gasteiger charge is 2.13. The minimum absolute atomic E-state index is 0.324. The summed E-state index contributed by atoms with van der Waals surface area (Å²) in [6, 6.07) is 5.51. The Balaban J connectivity index is 2.39. The van der Waals surface area contributed by atoms with Crippen LogP contribution in [0.5, 0.6) is 5.88 Å². The second-order valence-electron chi connectivity index (χ2n) is 5.24. The number of nitrogens with zero attached hydrogens (tertiary/aromatic N) is 1. The second kappa shape index (κ2) is 6.54. The number of aromatic nitrogens is 1. The Hall–Kier alpha value is -1.45. The molecule has 0 fully saturated rings. The molecule has 2 N–H and O–H groups in total. The maximum Gasteiger partial charge on any atom is 0.216 e. The average Bonchev–Trinajstić information content (AvgIpc) is 2.42. The number of nitrogen functional groups attached to an aromatic ring is 1. The summed E-state index contributed by atoms with van der Waals surface area (Å²) in [5.74, 6) is 0.980. The molecule has 112 valence electrons. The van der Waals surface area contributed by atoms with Gasteiger partial charge in [0.25, 0.3) is 0 Å². The molecule has 0 unspecified atom stereocenters. The van der Waals surface area contributed by atoms with Crippen LogP contribution in [0.4, 0.5) is 5.69 Å². The highest BCUT2D eigenvalue weighted by Crippen LogP contribution is 2.31. The van der Waals surface area contributed by atoms with Crippen LogP contribution in [0, 0.1) is 0 Å². The van der Waals surface area contributed by atoms with E-state index in [0.717, 1.165) is 16.7 Å². The second-order valence-corrected chi connectivity index (χ2v) is 6.05. The van der Waals surface area contributed by atoms with Gasteiger partial charge in [0.05, 0.1) is 7.11 Å². The summed E-state index contributed by atoms with van der Waals surface area (Å²) in [6.45, 7) is 4.21. The number of hydrogen-bond acceptors (Lipinski definition) is 3. The molecule has 0 aliphatic rings. The van der Waals surface area contributed by atoms with Gasteiger partial charge in [-0.05, 0) is 35.2 Å². The van der Waals surface area contributed by atoms with Crippen LogP contribution in [0.1, 0.15) is 36.5 Å². The summed E-state index contributed by atoms with van der Waals surface area (Å²) in [7, 11) is 1.63. The molecule has 2 rings (SSSR count). The topological polar surface area (TPSA) is 48.1 Å². The first-order valence-electron chi connectivity index (χ1n) is 6.68. The van der Waals surface area contributed by atoms with E-state index in [1.807, 2.05) is 0 Å². The number of rotatable bonds is 4. The maximum atomic E-state index is 6.24. The summed E-state index contributed by atoms with van der Waals surface area (Å²) >= 11 is 12.5. The summed E-state index contributed by atoms with van der Waals surface area (Å²) in [5.41, 5.74) is 9.24. The van der Waals surface area contributed by atoms with Crippen molar-refractivity contribution in [2.75, 3.05) is 12.8 Å². The van der Waals surface area contributed by atoms with Gasteiger partial charge in [0.2, 0.25) is 5.88 Å². The van der Waals surface area contributed by atoms with Crippen LogP contribution in [0.2, 0.25) is 10.0 Å². The van der Waals surface area contributed by atoms with Gasteiger partial charge in [0.15, 0.2) is 0 Å². The number of hydrogen-bond donors (Lipinski definition) is 1. The molecular weight excluding hydrogens is 307 g/mol. The third-order valence-corrected chi connectivity index (χ3v) is 3.97. The monoisotopic (exact) mass is 324 g/mol. The predicted molar refractivity (Wildman–Crippen MR) is 88.6 cm³/mol. The van der Waals surface area contributed by atoms with Gasteiger partial charge in [-0.2, -0.15) is 0 Å². The average molecular weight is 325 g/mol. The lowest BCUT2D eigenvalue weighted by Gasteiger charge is -2.13. The molecule has 0 amide bonds. The minimum Gasteiger partial charge on any atom is -0.481 e. The van der Waals surface area contributed by atoms with Crippen LogP contribution in [0.3, 0.4) is 0 Å². The van der Waals surface area contributed by atoms with Gasteiger partial charge in [-0.3, -0.25) is 0 Å². The van der Waals surface area contributed by atoms with Crippen molar-refractivity contribution in [3.63, 3.8) is 0 Å². The first-order valence-corrected chi connectivity index (χ1v) is 7.44. The number of methoxy groups -OCH3 is 1. The Bertz CT molecular complexity index is 634. The molecule has 21 heavy (non-hydrogen) atoms. The highest BCUT2D eigenvalue weighted by molar-refractivity contribution is 6.36. The molecule has 1 heterocycles. The van der Waals surface area contributed by atoms with Crippen LogP contribution in [0.25, 0.3) is 0 Å². The van der Waals surface area contributed by atoms with Gasteiger partial charge >= 0.3 is 0 Å². The van der Waals surface area contributed by atoms with Gasteiger partial charge < -0.3 is 10.5 Å². The molecule has 1 aromatic heterocycles. The Kier molecular flexibility index (Phi) is 4.96. The lowest BCUT2D eigenvalue weighted by molar-refractivity contribution is 0.390. The lowest BCUT2D eigenvalue weighted by Crippen LogP contribution is -2.01. The van der Waals surface area contributed by atoms with E-state index in [-0.39, 0.29) is 0 Å². The SMILES string of the molecule is COc1ncc(Cc2c(Cl)cc(N)cc2Cl)cc1C(C)C. The number of halogens is 2. The zero-order chi connectivity index (χ0) is 15.6. The summed E-state index contributed by atoms with van der Waals surface area (Å²) in [6.07, 6.45) is 2.39. The van der Waals surface area contributed by atoms with Crippen molar-refractivity contribution in [2.45, 2.75) is 26.2 Å². The van der Waals surface area contributed by atoms with Crippen LogP contribution < -0.4 is 10.5 Å². The van der Waals surface area contributed by atoms with Crippen molar-refractivity contribution >= 4 is 28.9 Å². The van der Waals surface area contributed by atoms with Gasteiger partial charge in [0.1, 0.15) is 0 Å². The van der Waals surface area contributed by atoms with E-state index >= 15 is 0 Å². The molecule has 0 saturated heterocycles. The maximum absolute atomic E-state index is 6.24. The molecule has 3 nitrogen and oxygen atoms in total. The normalized spacial score (nSPS) is 11.0. The molecule has 0 aliphatic carbocycles. The molecule has 1 aromatic carbocycles. The Labute approximate surface area is 135 Å². The third kappa shape index (κ3) is 3.60. The van der Waals surface area contributed by atoms with Gasteiger partial charge in [-0.15, -0.1) is 0 Å². The molecule has 5 heteroatoms. The number of ether oxygens (including phenoxy) is 1. The Morgan fingerprint density at radius 2 is 1.81 bits per heavy atom. The number of nitrogens with two attached hydrogens (primary N) is 1. The van der Waals surface area contributed by atoms with Gasteiger partial charge in [-0.1, -0.05) is 37.0 Å². The molecule has 2 aromatic rings. The minimum atomic E-state index is 0.324. The highest BCUT2D eigenvalue weighted by atomic mass is 35.5. The molecule has 0 aliphatic heterocycles. The van der Waals surface area contributed by atoms with Crippen molar-refractivity contribution in [2.24, 2.45) is 0 Å². The zero-order valence-corrected chi connectivity index (χ0v) is 13.8. The standard InChI is InChI=1S/C16H18Cl2N2O/c1-9(2)12-4-10(8-20-16(12)21-3)5-13-14(17)6-11(19)7-15(13)18/h4,6-9H,5,19H2,1-3H3. The van der Waals surface area contributed by atoms with Crippen molar-refractivity contribution in [3.8, 4) is 5.88 Å². The van der Waals surface area contributed by atoms with Crippen LogP contribution in [-0.4, -0.2) is 12.1 Å². The van der Waals surface area contributed by atoms with E-state index in [4.69, 9.17) is 33.7 Å². The first kappa shape index (κ1) is 15.9. The summed E-state index contributed by atoms with van der Waals surface area (Å²) in [4.78, 5) is 4.36. The summed E-state index contributed by atoms with van der Waals surface area (Å²) in [5, 5.41) is 1.14. The van der Waals surface area contributed by atoms with Crippen molar-refractivity contribution in [1.82, 2.24) is 4.98 Å². The molecule has 0 saturated carbocycles. The van der Waals surface area contributed by atoms with E-state index in [2.05, 4.69) is 24.9 Å².